The summed E-state index contributed by atoms with van der Waals surface area (Å²) in [7, 11) is 0. The number of carbonyl (C=O) groups excluding carboxylic acids is 2. The van der Waals surface area contributed by atoms with Gasteiger partial charge in [0.05, 0.1) is 16.8 Å². The van der Waals surface area contributed by atoms with Crippen LogP contribution in [0.5, 0.6) is 0 Å². The lowest BCUT2D eigenvalue weighted by atomic mass is 10.0. The molecule has 1 amide bonds. The third-order valence-electron chi connectivity index (χ3n) is 3.95. The number of aromatic nitrogens is 1. The molecule has 0 aromatic carbocycles. The zero-order valence-corrected chi connectivity index (χ0v) is 15.1. The van der Waals surface area contributed by atoms with Crippen molar-refractivity contribution in [3.05, 3.63) is 23.5 Å². The van der Waals surface area contributed by atoms with Gasteiger partial charge in [-0.25, -0.2) is 4.79 Å². The van der Waals surface area contributed by atoms with E-state index in [0.717, 1.165) is 12.3 Å². The minimum Gasteiger partial charge on any atom is -0.444 e. The SMILES string of the molecule is CC(C)(C)OC(=O)N[C@@]1(C)CCN(c2cc(C(F)(F)F)ncc2C=O)C1. The lowest BCUT2D eigenvalue weighted by Gasteiger charge is -2.29. The van der Waals surface area contributed by atoms with Gasteiger partial charge in [0.2, 0.25) is 0 Å². The lowest BCUT2D eigenvalue weighted by molar-refractivity contribution is -0.141. The van der Waals surface area contributed by atoms with Gasteiger partial charge in [0.1, 0.15) is 11.3 Å². The predicted molar refractivity (Wildman–Crippen MR) is 89.2 cm³/mol. The van der Waals surface area contributed by atoms with Gasteiger partial charge in [0.25, 0.3) is 0 Å². The molecule has 0 radical (unpaired) electrons. The molecule has 26 heavy (non-hydrogen) atoms. The number of amides is 1. The molecular formula is C17H22F3N3O3. The molecule has 0 saturated carbocycles. The number of pyridine rings is 1. The van der Waals surface area contributed by atoms with Crippen LogP contribution in [0.25, 0.3) is 0 Å². The number of ether oxygens (including phenoxy) is 1. The molecule has 0 unspecified atom stereocenters. The van der Waals surface area contributed by atoms with Crippen molar-refractivity contribution in [1.29, 1.82) is 0 Å². The van der Waals surface area contributed by atoms with E-state index in [0.29, 0.717) is 19.3 Å². The molecule has 144 valence electrons. The van der Waals surface area contributed by atoms with Crippen molar-refractivity contribution in [3.63, 3.8) is 0 Å². The monoisotopic (exact) mass is 373 g/mol. The molecule has 1 N–H and O–H groups in total. The number of alkyl carbamates (subject to hydrolysis) is 1. The van der Waals surface area contributed by atoms with E-state index in [9.17, 15) is 22.8 Å². The predicted octanol–water partition coefficient (Wildman–Crippen LogP) is 3.41. The average molecular weight is 373 g/mol. The Morgan fingerprint density at radius 2 is 2.04 bits per heavy atom. The Labute approximate surface area is 149 Å². The molecule has 9 heteroatoms. The van der Waals surface area contributed by atoms with Crippen LogP contribution < -0.4 is 10.2 Å². The Balaban J connectivity index is 2.19. The molecule has 1 atom stereocenters. The first kappa shape index (κ1) is 20.0. The number of halogens is 3. The molecule has 0 bridgehead atoms. The molecule has 1 aromatic heterocycles. The van der Waals surface area contributed by atoms with Crippen LogP contribution in [-0.2, 0) is 10.9 Å². The third kappa shape index (κ3) is 4.86. The first-order valence-corrected chi connectivity index (χ1v) is 8.11. The van der Waals surface area contributed by atoms with Crippen LogP contribution in [-0.4, -0.2) is 41.6 Å². The normalized spacial score (nSPS) is 20.8. The number of hydrogen-bond acceptors (Lipinski definition) is 5. The quantitative estimate of drug-likeness (QED) is 0.822. The number of aldehydes is 1. The molecule has 1 fully saturated rings. The Bertz CT molecular complexity index is 701. The molecule has 1 saturated heterocycles. The van der Waals surface area contributed by atoms with Gasteiger partial charge in [-0.1, -0.05) is 0 Å². The van der Waals surface area contributed by atoms with Crippen molar-refractivity contribution in [2.24, 2.45) is 0 Å². The Morgan fingerprint density at radius 3 is 2.58 bits per heavy atom. The second-order valence-corrected chi connectivity index (χ2v) is 7.60. The maximum atomic E-state index is 12.9. The summed E-state index contributed by atoms with van der Waals surface area (Å²) in [6.45, 7) is 7.62. The van der Waals surface area contributed by atoms with Gasteiger partial charge in [0.15, 0.2) is 6.29 Å². The van der Waals surface area contributed by atoms with E-state index in [2.05, 4.69) is 10.3 Å². The van der Waals surface area contributed by atoms with Crippen molar-refractivity contribution in [2.45, 2.75) is 51.4 Å². The maximum absolute atomic E-state index is 12.9. The summed E-state index contributed by atoms with van der Waals surface area (Å²) >= 11 is 0. The summed E-state index contributed by atoms with van der Waals surface area (Å²) in [5, 5.41) is 2.76. The van der Waals surface area contributed by atoms with Crippen LogP contribution >= 0.6 is 0 Å². The number of carbonyl (C=O) groups is 2. The van der Waals surface area contributed by atoms with Crippen molar-refractivity contribution in [2.75, 3.05) is 18.0 Å². The van der Waals surface area contributed by atoms with Crippen molar-refractivity contribution >= 4 is 18.1 Å². The summed E-state index contributed by atoms with van der Waals surface area (Å²) in [5.41, 5.74) is -2.19. The zero-order chi connectivity index (χ0) is 19.8. The highest BCUT2D eigenvalue weighted by atomic mass is 19.4. The van der Waals surface area contributed by atoms with Crippen molar-refractivity contribution < 1.29 is 27.5 Å². The fraction of sp³-hybridized carbons (Fsp3) is 0.588. The number of rotatable bonds is 3. The number of anilines is 1. The van der Waals surface area contributed by atoms with Gasteiger partial charge in [-0.3, -0.25) is 9.78 Å². The second-order valence-electron chi connectivity index (χ2n) is 7.60. The molecule has 2 rings (SSSR count). The number of nitrogens with one attached hydrogen (secondary N) is 1. The summed E-state index contributed by atoms with van der Waals surface area (Å²) in [5.74, 6) is 0. The summed E-state index contributed by atoms with van der Waals surface area (Å²) < 4.78 is 44.0. The lowest BCUT2D eigenvalue weighted by Crippen LogP contribution is -2.49. The van der Waals surface area contributed by atoms with Crippen LogP contribution in [0.4, 0.5) is 23.7 Å². The molecule has 0 spiro atoms. The first-order chi connectivity index (χ1) is 11.8. The van der Waals surface area contributed by atoms with Gasteiger partial charge in [-0.05, 0) is 40.2 Å². The number of nitrogens with zero attached hydrogens (tertiary/aromatic N) is 2. The van der Waals surface area contributed by atoms with Crippen molar-refractivity contribution in [3.8, 4) is 0 Å². The molecule has 1 aliphatic rings. The van der Waals surface area contributed by atoms with E-state index < -0.39 is 29.1 Å². The molecule has 6 nitrogen and oxygen atoms in total. The van der Waals surface area contributed by atoms with E-state index in [4.69, 9.17) is 4.74 Å². The van der Waals surface area contributed by atoms with Gasteiger partial charge < -0.3 is 15.0 Å². The molecular weight excluding hydrogens is 351 g/mol. The topological polar surface area (TPSA) is 71.5 Å². The van der Waals surface area contributed by atoms with Gasteiger partial charge in [-0.15, -0.1) is 0 Å². The van der Waals surface area contributed by atoms with Gasteiger partial charge in [-0.2, -0.15) is 13.2 Å². The standard InChI is InChI=1S/C17H22F3N3O3/c1-15(2,3)26-14(25)22-16(4)5-6-23(10-16)12-7-13(17(18,19)20)21-8-11(12)9-24/h7-9H,5-6,10H2,1-4H3,(H,22,25)/t16-/m0/s1. The Kier molecular flexibility index (Phi) is 5.21. The number of alkyl halides is 3. The average Bonchev–Trinajstić information content (AvgIpc) is 2.85. The van der Waals surface area contributed by atoms with Crippen LogP contribution in [0.15, 0.2) is 12.3 Å². The summed E-state index contributed by atoms with van der Waals surface area (Å²) in [4.78, 5) is 28.2. The first-order valence-electron chi connectivity index (χ1n) is 8.11. The molecule has 1 aromatic rings. The highest BCUT2D eigenvalue weighted by Crippen LogP contribution is 2.34. The van der Waals surface area contributed by atoms with Crippen LogP contribution in [0.3, 0.4) is 0 Å². The van der Waals surface area contributed by atoms with Crippen LogP contribution in [0.1, 0.15) is 50.2 Å². The van der Waals surface area contributed by atoms with Crippen molar-refractivity contribution in [1.82, 2.24) is 10.3 Å². The van der Waals surface area contributed by atoms with Gasteiger partial charge >= 0.3 is 12.3 Å². The van der Waals surface area contributed by atoms with E-state index >= 15 is 0 Å². The summed E-state index contributed by atoms with van der Waals surface area (Å²) in [6, 6.07) is 0.864. The molecule has 2 heterocycles. The number of hydrogen-bond donors (Lipinski definition) is 1. The fourth-order valence-electron chi connectivity index (χ4n) is 2.79. The van der Waals surface area contributed by atoms with E-state index in [1.807, 2.05) is 0 Å². The smallest absolute Gasteiger partial charge is 0.433 e. The Hall–Kier alpha value is -2.32. The Morgan fingerprint density at radius 1 is 1.38 bits per heavy atom. The highest BCUT2D eigenvalue weighted by molar-refractivity contribution is 5.84. The van der Waals surface area contributed by atoms with E-state index in [1.54, 1.807) is 32.6 Å². The van der Waals surface area contributed by atoms with Gasteiger partial charge in [0, 0.05) is 19.3 Å². The maximum Gasteiger partial charge on any atom is 0.433 e. The van der Waals surface area contributed by atoms with E-state index in [-0.39, 0.29) is 17.8 Å². The van der Waals surface area contributed by atoms with Crippen LogP contribution in [0.2, 0.25) is 0 Å². The third-order valence-corrected chi connectivity index (χ3v) is 3.95. The largest absolute Gasteiger partial charge is 0.444 e. The zero-order valence-electron chi connectivity index (χ0n) is 15.1. The van der Waals surface area contributed by atoms with Crippen LogP contribution in [0, 0.1) is 0 Å². The van der Waals surface area contributed by atoms with E-state index in [1.165, 1.54) is 0 Å². The highest BCUT2D eigenvalue weighted by Gasteiger charge is 2.39. The minimum absolute atomic E-state index is 0.0690. The minimum atomic E-state index is -4.60. The molecule has 1 aliphatic heterocycles. The summed E-state index contributed by atoms with van der Waals surface area (Å²) in [6.07, 6.45) is -3.31. The fourth-order valence-corrected chi connectivity index (χ4v) is 2.79. The second kappa shape index (κ2) is 6.77. The molecule has 0 aliphatic carbocycles.